The lowest BCUT2D eigenvalue weighted by molar-refractivity contribution is -0.130. The first kappa shape index (κ1) is 13.2. The largest absolute Gasteiger partial charge is 0.384 e. The zero-order chi connectivity index (χ0) is 12.3. The van der Waals surface area contributed by atoms with E-state index in [2.05, 4.69) is 0 Å². The van der Waals surface area contributed by atoms with Gasteiger partial charge < -0.3 is 9.64 Å². The number of likely N-dealkylation sites (tertiary alicyclic amines) is 1. The number of hydrogen-bond donors (Lipinski definition) is 0. The summed E-state index contributed by atoms with van der Waals surface area (Å²) in [6.07, 6.45) is 5.49. The molecule has 2 rings (SSSR count). The number of halogens is 1. The minimum absolute atomic E-state index is 0.213. The van der Waals surface area contributed by atoms with E-state index in [1.165, 1.54) is 25.7 Å². The van der Waals surface area contributed by atoms with Gasteiger partial charge in [0.1, 0.15) is 0 Å². The van der Waals surface area contributed by atoms with Crippen LogP contribution in [-0.2, 0) is 9.53 Å². The first-order valence-electron chi connectivity index (χ1n) is 6.54. The molecule has 2 fully saturated rings. The average Bonchev–Trinajstić information content (AvgIpc) is 2.69. The minimum Gasteiger partial charge on any atom is -0.384 e. The van der Waals surface area contributed by atoms with Crippen molar-refractivity contribution in [3.05, 3.63) is 0 Å². The van der Waals surface area contributed by atoms with Crippen molar-refractivity contribution in [2.75, 3.05) is 32.7 Å². The molecule has 1 aliphatic carbocycles. The van der Waals surface area contributed by atoms with E-state index in [9.17, 15) is 4.79 Å². The molecule has 4 heteroatoms. The summed E-state index contributed by atoms with van der Waals surface area (Å²) in [6, 6.07) is 0. The monoisotopic (exact) mass is 259 g/mol. The number of carbonyl (C=O) groups excluding carboxylic acids is 1. The first-order chi connectivity index (χ1) is 8.22. The van der Waals surface area contributed by atoms with Crippen molar-refractivity contribution in [1.82, 2.24) is 4.90 Å². The highest BCUT2D eigenvalue weighted by Crippen LogP contribution is 2.46. The van der Waals surface area contributed by atoms with Gasteiger partial charge in [0, 0.05) is 37.9 Å². The van der Waals surface area contributed by atoms with Crippen LogP contribution in [-0.4, -0.2) is 43.5 Å². The van der Waals surface area contributed by atoms with Gasteiger partial charge >= 0.3 is 0 Å². The van der Waals surface area contributed by atoms with E-state index in [0.717, 1.165) is 19.7 Å². The van der Waals surface area contributed by atoms with Crippen LogP contribution in [0.1, 0.15) is 32.1 Å². The van der Waals surface area contributed by atoms with E-state index in [0.29, 0.717) is 18.2 Å². The fraction of sp³-hybridized carbons (Fsp3) is 0.923. The van der Waals surface area contributed by atoms with Gasteiger partial charge in [-0.1, -0.05) is 12.8 Å². The van der Waals surface area contributed by atoms with Crippen molar-refractivity contribution < 1.29 is 9.53 Å². The molecule has 0 N–H and O–H groups in total. The van der Waals surface area contributed by atoms with Crippen LogP contribution in [0.5, 0.6) is 0 Å². The second-order valence-corrected chi connectivity index (χ2v) is 5.83. The molecule has 0 aromatic rings. The lowest BCUT2D eigenvalue weighted by Gasteiger charge is -2.37. The molecular weight excluding hydrogens is 238 g/mol. The predicted molar refractivity (Wildman–Crippen MR) is 68.2 cm³/mol. The predicted octanol–water partition coefficient (Wildman–Crippen LogP) is 2.28. The number of hydrogen-bond acceptors (Lipinski definition) is 2. The van der Waals surface area contributed by atoms with Crippen molar-refractivity contribution in [1.29, 1.82) is 0 Å². The Morgan fingerprint density at radius 1 is 1.53 bits per heavy atom. The summed E-state index contributed by atoms with van der Waals surface area (Å²) < 4.78 is 5.41. The van der Waals surface area contributed by atoms with Crippen LogP contribution in [0.15, 0.2) is 0 Å². The number of carbonyl (C=O) groups is 1. The number of methoxy groups -OCH3 is 1. The van der Waals surface area contributed by atoms with E-state index in [4.69, 9.17) is 16.3 Å². The highest BCUT2D eigenvalue weighted by atomic mass is 35.5. The summed E-state index contributed by atoms with van der Waals surface area (Å²) in [5, 5.41) is 0. The molecule has 0 aromatic carbocycles. The Bertz CT molecular complexity index is 281. The van der Waals surface area contributed by atoms with E-state index < -0.39 is 0 Å². The van der Waals surface area contributed by atoms with Crippen LogP contribution < -0.4 is 0 Å². The van der Waals surface area contributed by atoms with Gasteiger partial charge in [0.15, 0.2) is 0 Å². The maximum atomic E-state index is 11.9. The summed E-state index contributed by atoms with van der Waals surface area (Å²) >= 11 is 5.65. The molecule has 1 aliphatic heterocycles. The van der Waals surface area contributed by atoms with Crippen LogP contribution in [0.2, 0.25) is 0 Å². The number of rotatable bonds is 4. The number of ether oxygens (including phenoxy) is 1. The van der Waals surface area contributed by atoms with E-state index >= 15 is 0 Å². The Labute approximate surface area is 108 Å². The molecule has 98 valence electrons. The van der Waals surface area contributed by atoms with E-state index in [1.807, 2.05) is 4.90 Å². The van der Waals surface area contributed by atoms with Gasteiger partial charge in [-0.3, -0.25) is 4.79 Å². The maximum Gasteiger partial charge on any atom is 0.223 e. The van der Waals surface area contributed by atoms with Gasteiger partial charge in [0.2, 0.25) is 5.91 Å². The van der Waals surface area contributed by atoms with Crippen molar-refractivity contribution >= 4 is 17.5 Å². The molecule has 1 heterocycles. The number of nitrogens with zero attached hydrogens (tertiary/aromatic N) is 1. The minimum atomic E-state index is 0.213. The summed E-state index contributed by atoms with van der Waals surface area (Å²) in [5.74, 6) is 1.28. The average molecular weight is 260 g/mol. The summed E-state index contributed by atoms with van der Waals surface area (Å²) in [6.45, 7) is 2.59. The van der Waals surface area contributed by atoms with Crippen molar-refractivity contribution in [3.8, 4) is 0 Å². The van der Waals surface area contributed by atoms with Gasteiger partial charge in [-0.25, -0.2) is 0 Å². The molecule has 17 heavy (non-hydrogen) atoms. The van der Waals surface area contributed by atoms with Crippen LogP contribution in [0.3, 0.4) is 0 Å². The number of alkyl halides is 1. The summed E-state index contributed by atoms with van der Waals surface area (Å²) in [4.78, 5) is 13.9. The SMILES string of the molecule is COC[C@]12CCCC[C@H]1CN(C(=O)CCCl)C2. The van der Waals surface area contributed by atoms with Crippen molar-refractivity contribution in [2.24, 2.45) is 11.3 Å². The zero-order valence-electron chi connectivity index (χ0n) is 10.6. The quantitative estimate of drug-likeness (QED) is 0.725. The van der Waals surface area contributed by atoms with Crippen LogP contribution in [0, 0.1) is 11.3 Å². The Balaban J connectivity index is 2.05. The standard InChI is InChI=1S/C13H22ClNO2/c1-17-10-13-6-3-2-4-11(13)8-15(9-13)12(16)5-7-14/h11H,2-10H2,1H3/t11-,13+/m0/s1. The molecule has 1 amide bonds. The van der Waals surface area contributed by atoms with Gasteiger partial charge in [-0.15, -0.1) is 11.6 Å². The lowest BCUT2D eigenvalue weighted by Crippen LogP contribution is -2.38. The Morgan fingerprint density at radius 3 is 3.06 bits per heavy atom. The van der Waals surface area contributed by atoms with Crippen LogP contribution in [0.4, 0.5) is 0 Å². The molecule has 0 bridgehead atoms. The van der Waals surface area contributed by atoms with E-state index in [-0.39, 0.29) is 11.3 Å². The van der Waals surface area contributed by atoms with Gasteiger partial charge in [-0.05, 0) is 18.8 Å². The third kappa shape index (κ3) is 2.60. The molecule has 0 spiro atoms. The molecule has 1 saturated carbocycles. The Kier molecular flexibility index (Phi) is 4.31. The highest BCUT2D eigenvalue weighted by molar-refractivity contribution is 6.18. The van der Waals surface area contributed by atoms with Crippen molar-refractivity contribution in [3.63, 3.8) is 0 Å². The van der Waals surface area contributed by atoms with Gasteiger partial charge in [0.05, 0.1) is 6.61 Å². The maximum absolute atomic E-state index is 11.9. The van der Waals surface area contributed by atoms with Crippen LogP contribution in [0.25, 0.3) is 0 Å². The smallest absolute Gasteiger partial charge is 0.223 e. The molecule has 1 saturated heterocycles. The topological polar surface area (TPSA) is 29.5 Å². The van der Waals surface area contributed by atoms with Crippen molar-refractivity contribution in [2.45, 2.75) is 32.1 Å². The van der Waals surface area contributed by atoms with Gasteiger partial charge in [-0.2, -0.15) is 0 Å². The first-order valence-corrected chi connectivity index (χ1v) is 7.08. The molecule has 0 aromatic heterocycles. The zero-order valence-corrected chi connectivity index (χ0v) is 11.3. The molecule has 2 aliphatic rings. The Morgan fingerprint density at radius 2 is 2.35 bits per heavy atom. The third-order valence-corrected chi connectivity index (χ3v) is 4.57. The second-order valence-electron chi connectivity index (χ2n) is 5.45. The molecule has 3 nitrogen and oxygen atoms in total. The normalized spacial score (nSPS) is 32.6. The number of amides is 1. The third-order valence-electron chi connectivity index (χ3n) is 4.38. The summed E-state index contributed by atoms with van der Waals surface area (Å²) in [7, 11) is 1.77. The second kappa shape index (κ2) is 5.57. The van der Waals surface area contributed by atoms with E-state index in [1.54, 1.807) is 7.11 Å². The fourth-order valence-corrected chi connectivity index (χ4v) is 3.70. The fourth-order valence-electron chi connectivity index (χ4n) is 3.53. The summed E-state index contributed by atoms with van der Waals surface area (Å²) in [5.41, 5.74) is 0.231. The van der Waals surface area contributed by atoms with Crippen LogP contribution >= 0.6 is 11.6 Å². The molecule has 0 unspecified atom stereocenters. The highest BCUT2D eigenvalue weighted by Gasteiger charge is 2.48. The molecule has 2 atom stereocenters. The number of fused-ring (bicyclic) bond motifs is 1. The Hall–Kier alpha value is -0.280. The van der Waals surface area contributed by atoms with Gasteiger partial charge in [0.25, 0.3) is 0 Å². The lowest BCUT2D eigenvalue weighted by atomic mass is 9.69. The molecule has 0 radical (unpaired) electrons. The molecular formula is C13H22ClNO2.